The second kappa shape index (κ2) is 10.5. The summed E-state index contributed by atoms with van der Waals surface area (Å²) in [6, 6.07) is 18.0. The minimum absolute atomic E-state index is 1.15. The zero-order valence-corrected chi connectivity index (χ0v) is 17.5. The van der Waals surface area contributed by atoms with Crippen LogP contribution in [0.15, 0.2) is 54.7 Å². The van der Waals surface area contributed by atoms with Crippen molar-refractivity contribution < 1.29 is 0 Å². The second-order valence-corrected chi connectivity index (χ2v) is 8.29. The average molecular weight is 381 g/mol. The summed E-state index contributed by atoms with van der Waals surface area (Å²) in [6.07, 6.45) is 12.4. The molecule has 1 aliphatic heterocycles. The molecule has 2 aromatic carbocycles. The summed E-state index contributed by atoms with van der Waals surface area (Å²) in [6.45, 7) is 4.49. The first-order chi connectivity index (χ1) is 13.3. The van der Waals surface area contributed by atoms with Crippen LogP contribution in [0, 0.1) is 0 Å². The van der Waals surface area contributed by atoms with Gasteiger partial charge in [0.1, 0.15) is 0 Å². The molecule has 1 heterocycles. The molecule has 2 aromatic rings. The molecule has 0 aliphatic carbocycles. The summed E-state index contributed by atoms with van der Waals surface area (Å²) in [5.41, 5.74) is 8.71. The van der Waals surface area contributed by atoms with Gasteiger partial charge in [0.25, 0.3) is 0 Å². The molecule has 27 heavy (non-hydrogen) atoms. The smallest absolute Gasteiger partial charge is 0.0704 e. The molecule has 1 aliphatic rings. The molecule has 0 aromatic heterocycles. The van der Waals surface area contributed by atoms with E-state index < -0.39 is 0 Å². The lowest BCUT2D eigenvalue weighted by atomic mass is 10.0. The van der Waals surface area contributed by atoms with Gasteiger partial charge in [-0.3, -0.25) is 5.43 Å². The van der Waals surface area contributed by atoms with E-state index >= 15 is 0 Å². The highest BCUT2D eigenvalue weighted by Crippen LogP contribution is 2.36. The molecule has 2 nitrogen and oxygen atoms in total. The second-order valence-electron chi connectivity index (χ2n) is 7.30. The lowest BCUT2D eigenvalue weighted by Crippen LogP contribution is -2.22. The molecule has 1 N–H and O–H groups in total. The monoisotopic (exact) mass is 380 g/mol. The Hall–Kier alpha value is -1.87. The number of hydrogen-bond donors (Lipinski definition) is 1. The van der Waals surface area contributed by atoms with E-state index in [1.807, 2.05) is 0 Å². The van der Waals surface area contributed by atoms with E-state index in [2.05, 4.69) is 78.4 Å². The first kappa shape index (κ1) is 19.9. The van der Waals surface area contributed by atoms with E-state index in [1.54, 1.807) is 11.9 Å². The highest BCUT2D eigenvalue weighted by molar-refractivity contribution is 8.09. The van der Waals surface area contributed by atoms with Gasteiger partial charge < -0.3 is 0 Å². The molecular weight excluding hydrogens is 348 g/mol. The van der Waals surface area contributed by atoms with Crippen molar-refractivity contribution in [2.75, 3.05) is 4.41 Å². The van der Waals surface area contributed by atoms with E-state index in [1.165, 1.54) is 72.2 Å². The Morgan fingerprint density at radius 2 is 1.41 bits per heavy atom. The van der Waals surface area contributed by atoms with Crippen molar-refractivity contribution in [3.63, 3.8) is 0 Å². The van der Waals surface area contributed by atoms with Crippen molar-refractivity contribution in [2.24, 2.45) is 0 Å². The van der Waals surface area contributed by atoms with E-state index in [9.17, 15) is 0 Å². The molecule has 0 fully saturated rings. The summed E-state index contributed by atoms with van der Waals surface area (Å²) >= 11 is 1.75. The van der Waals surface area contributed by atoms with Crippen molar-refractivity contribution >= 4 is 22.5 Å². The van der Waals surface area contributed by atoms with Crippen molar-refractivity contribution in [2.45, 2.75) is 65.2 Å². The largest absolute Gasteiger partial charge is 0.294 e. The van der Waals surface area contributed by atoms with Gasteiger partial charge >= 0.3 is 0 Å². The van der Waals surface area contributed by atoms with E-state index in [-0.39, 0.29) is 0 Å². The van der Waals surface area contributed by atoms with Crippen molar-refractivity contribution in [3.05, 3.63) is 71.4 Å². The summed E-state index contributed by atoms with van der Waals surface area (Å²) in [7, 11) is 0. The normalized spacial score (nSPS) is 13.6. The summed E-state index contributed by atoms with van der Waals surface area (Å²) in [5, 5.41) is 0. The third kappa shape index (κ3) is 5.80. The predicted octanol–water partition coefficient (Wildman–Crippen LogP) is 7.12. The van der Waals surface area contributed by atoms with Crippen molar-refractivity contribution in [1.29, 1.82) is 0 Å². The topological polar surface area (TPSA) is 15.3 Å². The quantitative estimate of drug-likeness (QED) is 0.349. The fourth-order valence-electron chi connectivity index (χ4n) is 3.39. The van der Waals surface area contributed by atoms with Gasteiger partial charge in [0.15, 0.2) is 0 Å². The third-order valence-corrected chi connectivity index (χ3v) is 6.07. The van der Waals surface area contributed by atoms with Crippen LogP contribution >= 0.6 is 11.9 Å². The van der Waals surface area contributed by atoms with Gasteiger partial charge in [0.05, 0.1) is 10.6 Å². The zero-order valence-electron chi connectivity index (χ0n) is 16.7. The van der Waals surface area contributed by atoms with E-state index in [0.29, 0.717) is 0 Å². The predicted molar refractivity (Wildman–Crippen MR) is 121 cm³/mol. The number of nitrogens with zero attached hydrogens (tertiary/aromatic N) is 1. The number of hydrazine groups is 1. The SMILES string of the molecule is CCCCCCCc1ccc(C2=CNN(c3ccc(CCC)cc3)S2)cc1. The Labute approximate surface area is 169 Å². The standard InChI is InChI=1S/C24H32N2S/c1-3-5-6-7-8-10-21-11-15-22(16-12-21)24-19-25-26(27-24)23-17-13-20(9-4-2)14-18-23/h11-19,25H,3-10H2,1-2H3. The molecule has 0 radical (unpaired) electrons. The molecule has 0 saturated carbocycles. The van der Waals surface area contributed by atoms with Gasteiger partial charge in [-0.2, -0.15) is 0 Å². The Kier molecular flexibility index (Phi) is 7.70. The molecule has 0 saturated heterocycles. The molecule has 0 spiro atoms. The van der Waals surface area contributed by atoms with Crippen LogP contribution in [0.2, 0.25) is 0 Å². The highest BCUT2D eigenvalue weighted by atomic mass is 32.2. The molecule has 0 bridgehead atoms. The van der Waals surface area contributed by atoms with Crippen molar-refractivity contribution in [3.8, 4) is 0 Å². The highest BCUT2D eigenvalue weighted by Gasteiger charge is 2.17. The number of rotatable bonds is 10. The number of aryl methyl sites for hydroxylation is 2. The number of anilines is 1. The zero-order chi connectivity index (χ0) is 18.9. The van der Waals surface area contributed by atoms with Crippen LogP contribution in [0.1, 0.15) is 69.1 Å². The minimum atomic E-state index is 1.15. The van der Waals surface area contributed by atoms with Gasteiger partial charge in [-0.05, 0) is 48.1 Å². The Balaban J connectivity index is 1.50. The lowest BCUT2D eigenvalue weighted by molar-refractivity contribution is 0.632. The lowest BCUT2D eigenvalue weighted by Gasteiger charge is -2.17. The first-order valence-electron chi connectivity index (χ1n) is 10.4. The molecule has 0 amide bonds. The van der Waals surface area contributed by atoms with E-state index in [4.69, 9.17) is 0 Å². The van der Waals surface area contributed by atoms with Crippen molar-refractivity contribution in [1.82, 2.24) is 5.43 Å². The van der Waals surface area contributed by atoms with E-state index in [0.717, 1.165) is 6.42 Å². The Bertz CT molecular complexity index is 719. The van der Waals surface area contributed by atoms with Crippen LogP contribution < -0.4 is 9.84 Å². The number of unbranched alkanes of at least 4 members (excludes halogenated alkanes) is 4. The summed E-state index contributed by atoms with van der Waals surface area (Å²) < 4.78 is 2.13. The molecule has 3 rings (SSSR count). The Morgan fingerprint density at radius 1 is 0.741 bits per heavy atom. The van der Waals surface area contributed by atoms with Crippen LogP contribution in [0.5, 0.6) is 0 Å². The summed E-state index contributed by atoms with van der Waals surface area (Å²) in [4.78, 5) is 1.27. The summed E-state index contributed by atoms with van der Waals surface area (Å²) in [5.74, 6) is 0. The van der Waals surface area contributed by atoms with Crippen LogP contribution in [0.3, 0.4) is 0 Å². The van der Waals surface area contributed by atoms with Crippen LogP contribution in [-0.4, -0.2) is 0 Å². The first-order valence-corrected chi connectivity index (χ1v) is 11.2. The van der Waals surface area contributed by atoms with Gasteiger partial charge in [0.2, 0.25) is 0 Å². The molecule has 3 heteroatoms. The van der Waals surface area contributed by atoms with Crippen LogP contribution in [-0.2, 0) is 12.8 Å². The maximum Gasteiger partial charge on any atom is 0.0704 e. The number of hydrogen-bond acceptors (Lipinski definition) is 3. The number of benzene rings is 2. The maximum atomic E-state index is 3.38. The van der Waals surface area contributed by atoms with Gasteiger partial charge in [0, 0.05) is 18.1 Å². The van der Waals surface area contributed by atoms with Crippen LogP contribution in [0.4, 0.5) is 5.69 Å². The van der Waals surface area contributed by atoms with Gasteiger partial charge in [-0.15, -0.1) is 0 Å². The van der Waals surface area contributed by atoms with Gasteiger partial charge in [-0.1, -0.05) is 82.3 Å². The maximum absolute atomic E-state index is 3.38. The number of nitrogens with one attached hydrogen (secondary N) is 1. The third-order valence-electron chi connectivity index (χ3n) is 5.02. The molecular formula is C24H32N2S. The van der Waals surface area contributed by atoms with Crippen LogP contribution in [0.25, 0.3) is 4.91 Å². The van der Waals surface area contributed by atoms with Gasteiger partial charge in [-0.25, -0.2) is 4.41 Å². The molecule has 0 unspecified atom stereocenters. The molecule has 144 valence electrons. The average Bonchev–Trinajstić information content (AvgIpc) is 3.19. The fraction of sp³-hybridized carbons (Fsp3) is 0.417. The fourth-order valence-corrected chi connectivity index (χ4v) is 4.26. The Morgan fingerprint density at radius 3 is 2.11 bits per heavy atom. The molecule has 0 atom stereocenters. The minimum Gasteiger partial charge on any atom is -0.294 e.